The Morgan fingerprint density at radius 1 is 1.25 bits per heavy atom. The number of rotatable bonds is 8. The molecule has 2 aromatic rings. The fourth-order valence-corrected chi connectivity index (χ4v) is 3.02. The van der Waals surface area contributed by atoms with Crippen LogP contribution in [0.25, 0.3) is 0 Å². The fraction of sp³-hybridized carbons (Fsp3) is 0.312. The molecule has 24 heavy (non-hydrogen) atoms. The molecule has 0 aromatic carbocycles. The van der Waals surface area contributed by atoms with Crippen molar-refractivity contribution in [2.75, 3.05) is 11.9 Å². The first kappa shape index (κ1) is 17.7. The molecule has 0 radical (unpaired) electrons. The molecule has 0 spiro atoms. The van der Waals surface area contributed by atoms with Gasteiger partial charge in [0.25, 0.3) is 11.8 Å². The minimum Gasteiger partial charge on any atom is -0.481 e. The van der Waals surface area contributed by atoms with Crippen LogP contribution in [0.5, 0.6) is 0 Å². The van der Waals surface area contributed by atoms with Gasteiger partial charge in [0.1, 0.15) is 0 Å². The van der Waals surface area contributed by atoms with E-state index >= 15 is 0 Å². The number of aliphatic carboxylic acids is 1. The number of carbonyl (C=O) groups is 3. The van der Waals surface area contributed by atoms with Crippen LogP contribution in [0.3, 0.4) is 0 Å². The van der Waals surface area contributed by atoms with Crippen LogP contribution in [-0.4, -0.2) is 29.4 Å². The van der Waals surface area contributed by atoms with E-state index in [1.54, 1.807) is 25.1 Å². The molecule has 0 bridgehead atoms. The second kappa shape index (κ2) is 8.30. The standard InChI is InChI=1S/C16H18N2O5S/c1-10-9-12(18-15(21)11-5-4-8-23-11)24-14(10)16(22)17-7-3-2-6-13(19)20/h4-5,8-9H,2-3,6-7H2,1H3,(H,17,22)(H,18,21)(H,19,20). The lowest BCUT2D eigenvalue weighted by atomic mass is 10.2. The van der Waals surface area contributed by atoms with Gasteiger partial charge in [-0.15, -0.1) is 11.3 Å². The van der Waals surface area contributed by atoms with Crippen LogP contribution in [0.1, 0.15) is 45.1 Å². The Morgan fingerprint density at radius 3 is 2.71 bits per heavy atom. The first-order chi connectivity index (χ1) is 11.5. The topological polar surface area (TPSA) is 109 Å². The van der Waals surface area contributed by atoms with Crippen molar-refractivity contribution in [3.8, 4) is 0 Å². The zero-order valence-corrected chi connectivity index (χ0v) is 13.9. The molecule has 2 amide bonds. The number of thiophene rings is 1. The molecular weight excluding hydrogens is 332 g/mol. The lowest BCUT2D eigenvalue weighted by molar-refractivity contribution is -0.137. The maximum absolute atomic E-state index is 12.1. The van der Waals surface area contributed by atoms with Crippen LogP contribution < -0.4 is 10.6 Å². The highest BCUT2D eigenvalue weighted by Crippen LogP contribution is 2.27. The quantitative estimate of drug-likeness (QED) is 0.634. The number of unbranched alkanes of at least 4 members (excludes halogenated alkanes) is 1. The van der Waals surface area contributed by atoms with E-state index in [1.165, 1.54) is 17.6 Å². The molecule has 7 nitrogen and oxygen atoms in total. The van der Waals surface area contributed by atoms with E-state index in [1.807, 2.05) is 0 Å². The zero-order valence-electron chi connectivity index (χ0n) is 13.1. The summed E-state index contributed by atoms with van der Waals surface area (Å²) in [4.78, 5) is 35.0. The van der Waals surface area contributed by atoms with Gasteiger partial charge in [-0.2, -0.15) is 0 Å². The van der Waals surface area contributed by atoms with E-state index < -0.39 is 5.97 Å². The summed E-state index contributed by atoms with van der Waals surface area (Å²) in [6.07, 6.45) is 2.63. The molecule has 0 saturated carbocycles. The van der Waals surface area contributed by atoms with Crippen molar-refractivity contribution in [2.45, 2.75) is 26.2 Å². The van der Waals surface area contributed by atoms with E-state index in [0.29, 0.717) is 29.3 Å². The van der Waals surface area contributed by atoms with Gasteiger partial charge >= 0.3 is 5.97 Å². The molecular formula is C16H18N2O5S. The predicted molar refractivity (Wildman–Crippen MR) is 89.5 cm³/mol. The number of carboxylic acids is 1. The van der Waals surface area contributed by atoms with Gasteiger partial charge in [0, 0.05) is 13.0 Å². The van der Waals surface area contributed by atoms with Crippen LogP contribution in [0, 0.1) is 6.92 Å². The Bertz CT molecular complexity index is 721. The summed E-state index contributed by atoms with van der Waals surface area (Å²) in [5.41, 5.74) is 0.762. The Balaban J connectivity index is 1.87. The molecule has 2 heterocycles. The second-order valence-corrected chi connectivity index (χ2v) is 6.21. The highest BCUT2D eigenvalue weighted by atomic mass is 32.1. The third-order valence-electron chi connectivity index (χ3n) is 3.21. The molecule has 0 unspecified atom stereocenters. The summed E-state index contributed by atoms with van der Waals surface area (Å²) in [6.45, 7) is 2.20. The monoisotopic (exact) mass is 350 g/mol. The third-order valence-corrected chi connectivity index (χ3v) is 4.36. The average Bonchev–Trinajstić information content (AvgIpc) is 3.16. The number of anilines is 1. The van der Waals surface area contributed by atoms with E-state index in [-0.39, 0.29) is 24.0 Å². The zero-order chi connectivity index (χ0) is 17.5. The van der Waals surface area contributed by atoms with Crippen molar-refractivity contribution in [2.24, 2.45) is 0 Å². The van der Waals surface area contributed by atoms with E-state index in [9.17, 15) is 14.4 Å². The van der Waals surface area contributed by atoms with E-state index in [4.69, 9.17) is 9.52 Å². The molecule has 0 aliphatic rings. The van der Waals surface area contributed by atoms with Gasteiger partial charge in [-0.05, 0) is 43.5 Å². The number of hydrogen-bond acceptors (Lipinski definition) is 5. The van der Waals surface area contributed by atoms with Crippen molar-refractivity contribution in [3.05, 3.63) is 40.7 Å². The van der Waals surface area contributed by atoms with Crippen molar-refractivity contribution in [1.29, 1.82) is 0 Å². The number of furan rings is 1. The average molecular weight is 350 g/mol. The Hall–Kier alpha value is -2.61. The Kier molecular flexibility index (Phi) is 6.14. The largest absolute Gasteiger partial charge is 0.481 e. The van der Waals surface area contributed by atoms with E-state index in [2.05, 4.69) is 10.6 Å². The molecule has 0 aliphatic heterocycles. The first-order valence-electron chi connectivity index (χ1n) is 7.42. The summed E-state index contributed by atoms with van der Waals surface area (Å²) >= 11 is 1.18. The predicted octanol–water partition coefficient (Wildman–Crippen LogP) is 2.89. The Labute approximate surface area is 142 Å². The van der Waals surface area contributed by atoms with Crippen LogP contribution in [0.4, 0.5) is 5.00 Å². The SMILES string of the molecule is Cc1cc(NC(=O)c2ccco2)sc1C(=O)NCCCCC(=O)O. The van der Waals surface area contributed by atoms with Gasteiger partial charge < -0.3 is 20.2 Å². The van der Waals surface area contributed by atoms with Crippen molar-refractivity contribution < 1.29 is 23.9 Å². The van der Waals surface area contributed by atoms with Crippen molar-refractivity contribution in [3.63, 3.8) is 0 Å². The highest BCUT2D eigenvalue weighted by Gasteiger charge is 2.16. The van der Waals surface area contributed by atoms with Crippen LogP contribution in [-0.2, 0) is 4.79 Å². The molecule has 128 valence electrons. The Morgan fingerprint density at radius 2 is 2.04 bits per heavy atom. The van der Waals surface area contributed by atoms with Gasteiger partial charge in [-0.1, -0.05) is 0 Å². The molecule has 8 heteroatoms. The first-order valence-corrected chi connectivity index (χ1v) is 8.24. The molecule has 2 aromatic heterocycles. The van der Waals surface area contributed by atoms with Gasteiger partial charge in [0.2, 0.25) is 0 Å². The highest BCUT2D eigenvalue weighted by molar-refractivity contribution is 7.18. The fourth-order valence-electron chi connectivity index (χ4n) is 2.03. The molecule has 0 fully saturated rings. The van der Waals surface area contributed by atoms with Crippen LogP contribution in [0.15, 0.2) is 28.9 Å². The normalized spacial score (nSPS) is 10.4. The second-order valence-electron chi connectivity index (χ2n) is 5.16. The number of carboxylic acid groups (broad SMARTS) is 1. The molecule has 0 saturated heterocycles. The van der Waals surface area contributed by atoms with E-state index in [0.717, 1.165) is 5.56 Å². The summed E-state index contributed by atoms with van der Waals surface area (Å²) in [5, 5.41) is 14.6. The summed E-state index contributed by atoms with van der Waals surface area (Å²) in [7, 11) is 0. The summed E-state index contributed by atoms with van der Waals surface area (Å²) in [5.74, 6) is -1.24. The van der Waals surface area contributed by atoms with Crippen LogP contribution >= 0.6 is 11.3 Å². The molecule has 0 aliphatic carbocycles. The van der Waals surface area contributed by atoms with Gasteiger partial charge in [-0.3, -0.25) is 14.4 Å². The molecule has 0 atom stereocenters. The number of aryl methyl sites for hydroxylation is 1. The number of nitrogens with one attached hydrogen (secondary N) is 2. The summed E-state index contributed by atoms with van der Waals surface area (Å²) < 4.78 is 5.02. The maximum atomic E-state index is 12.1. The third kappa shape index (κ3) is 4.95. The minimum atomic E-state index is -0.840. The number of carbonyl (C=O) groups excluding carboxylic acids is 2. The molecule has 2 rings (SSSR count). The molecule has 3 N–H and O–H groups in total. The maximum Gasteiger partial charge on any atom is 0.303 e. The summed E-state index contributed by atoms with van der Waals surface area (Å²) in [6, 6.07) is 4.91. The van der Waals surface area contributed by atoms with Gasteiger partial charge in [0.15, 0.2) is 5.76 Å². The lowest BCUT2D eigenvalue weighted by Crippen LogP contribution is -2.24. The van der Waals surface area contributed by atoms with Crippen molar-refractivity contribution >= 4 is 34.1 Å². The lowest BCUT2D eigenvalue weighted by Gasteiger charge is -2.03. The van der Waals surface area contributed by atoms with Crippen molar-refractivity contribution in [1.82, 2.24) is 5.32 Å². The number of amides is 2. The minimum absolute atomic E-state index is 0.0941. The smallest absolute Gasteiger partial charge is 0.303 e. The van der Waals surface area contributed by atoms with Gasteiger partial charge in [0.05, 0.1) is 16.1 Å². The van der Waals surface area contributed by atoms with Crippen LogP contribution in [0.2, 0.25) is 0 Å². The van der Waals surface area contributed by atoms with Gasteiger partial charge in [-0.25, -0.2) is 0 Å². The number of hydrogen-bond donors (Lipinski definition) is 3.